The number of allylic oxidation sites excluding steroid dienone is 4. The molecule has 18 heavy (non-hydrogen) atoms. The van der Waals surface area contributed by atoms with Crippen LogP contribution in [-0.4, -0.2) is 12.8 Å². The van der Waals surface area contributed by atoms with Gasteiger partial charge in [0.1, 0.15) is 12.3 Å². The predicted molar refractivity (Wildman–Crippen MR) is 75.4 cm³/mol. The zero-order valence-electron chi connectivity index (χ0n) is 10.0. The Balaban J connectivity index is -0.000000215. The second kappa shape index (κ2) is 13.1. The molecule has 0 saturated carbocycles. The molecule has 97 valence electrons. The second-order valence-corrected chi connectivity index (χ2v) is 3.59. The van der Waals surface area contributed by atoms with Crippen molar-refractivity contribution in [1.29, 1.82) is 0 Å². The normalized spacial score (nSPS) is 18.5. The van der Waals surface area contributed by atoms with Gasteiger partial charge in [0.2, 0.25) is 0 Å². The van der Waals surface area contributed by atoms with E-state index in [1.807, 2.05) is 32.2 Å². The maximum Gasteiger partial charge on any atom is 0.474 e. The molecule has 0 bridgehead atoms. The molecule has 1 atom stereocenters. The van der Waals surface area contributed by atoms with Gasteiger partial charge in [-0.1, -0.05) is 32.7 Å². The number of nitrogens with zero attached hydrogens (tertiary/aromatic N) is 1. The van der Waals surface area contributed by atoms with E-state index in [9.17, 15) is 0 Å². The van der Waals surface area contributed by atoms with E-state index in [4.69, 9.17) is 4.74 Å². The molecule has 0 aromatic heterocycles. The minimum atomic E-state index is 0. The van der Waals surface area contributed by atoms with E-state index in [2.05, 4.69) is 30.8 Å². The van der Waals surface area contributed by atoms with Crippen LogP contribution in [-0.2, 0) is 37.4 Å². The molecule has 0 N–H and O–H groups in total. The first-order valence-electron chi connectivity index (χ1n) is 5.03. The molecule has 0 aromatic rings. The monoisotopic (exact) mass is 323 g/mol. The van der Waals surface area contributed by atoms with Crippen LogP contribution in [0.4, 0.5) is 0 Å². The summed E-state index contributed by atoms with van der Waals surface area (Å²) in [5, 5.41) is 0. The van der Waals surface area contributed by atoms with Crippen molar-refractivity contribution in [3.8, 4) is 0 Å². The van der Waals surface area contributed by atoms with E-state index in [0.717, 1.165) is 6.61 Å². The standard InChI is InChI=1S/C7H8N.C6H8O.2CH4.Y/c1-6-3-4-8-5-7(6)2;1-6-2-4-7-5-3-6;;;/h3,5H,1-2H3;2-3,6H,4H2,1H3;2*1H4;/q+1;;;;. The van der Waals surface area contributed by atoms with Crippen LogP contribution in [0.25, 0.3) is 0 Å². The largest absolute Gasteiger partial charge is 0.474 e. The number of hydrogen-bond acceptors (Lipinski definition) is 2. The molecule has 2 rings (SSSR count). The molecule has 0 saturated heterocycles. The van der Waals surface area contributed by atoms with Crippen LogP contribution in [0.1, 0.15) is 35.6 Å². The first-order valence-corrected chi connectivity index (χ1v) is 5.03. The molecule has 0 fully saturated rings. The van der Waals surface area contributed by atoms with Gasteiger partial charge in [0, 0.05) is 46.2 Å². The van der Waals surface area contributed by atoms with Gasteiger partial charge in [-0.25, -0.2) is 0 Å². The summed E-state index contributed by atoms with van der Waals surface area (Å²) in [5.74, 6) is 0.550. The van der Waals surface area contributed by atoms with Gasteiger partial charge in [-0.05, 0) is 6.92 Å². The molecule has 2 nitrogen and oxygen atoms in total. The molecule has 3 heteroatoms. The zero-order chi connectivity index (χ0) is 11.1. The Morgan fingerprint density at radius 2 is 2.00 bits per heavy atom. The van der Waals surface area contributed by atoms with Gasteiger partial charge in [-0.15, -0.1) is 0 Å². The molecule has 0 spiro atoms. The van der Waals surface area contributed by atoms with Gasteiger partial charge < -0.3 is 4.74 Å². The number of aliphatic imine (C=N–C) groups is 1. The molecule has 0 amide bonds. The van der Waals surface area contributed by atoms with Crippen molar-refractivity contribution < 1.29 is 37.4 Å². The molecule has 0 aliphatic carbocycles. The fourth-order valence-corrected chi connectivity index (χ4v) is 0.955. The van der Waals surface area contributed by atoms with Gasteiger partial charge in [0.05, 0.1) is 11.1 Å². The fourth-order valence-electron chi connectivity index (χ4n) is 0.955. The van der Waals surface area contributed by atoms with Gasteiger partial charge in [-0.3, -0.25) is 6.42 Å². The van der Waals surface area contributed by atoms with Crippen LogP contribution in [0.3, 0.4) is 0 Å². The Bertz CT molecular complexity index is 296. The molecule has 2 aliphatic heterocycles. The van der Waals surface area contributed by atoms with Crippen molar-refractivity contribution in [3.05, 3.63) is 42.2 Å². The zero-order valence-corrected chi connectivity index (χ0v) is 12.9. The van der Waals surface area contributed by atoms with E-state index < -0.39 is 0 Å². The van der Waals surface area contributed by atoms with Gasteiger partial charge in [-0.2, -0.15) is 0 Å². The van der Waals surface area contributed by atoms with Crippen LogP contribution in [0, 0.1) is 24.8 Å². The minimum absolute atomic E-state index is 0. The van der Waals surface area contributed by atoms with Crippen molar-refractivity contribution in [2.24, 2.45) is 10.9 Å². The Kier molecular flexibility index (Phi) is 16.5. The van der Waals surface area contributed by atoms with Gasteiger partial charge >= 0.3 is 6.26 Å². The third kappa shape index (κ3) is 9.62. The van der Waals surface area contributed by atoms with E-state index in [1.54, 1.807) is 0 Å². The van der Waals surface area contributed by atoms with Crippen LogP contribution in [0.15, 0.2) is 28.3 Å². The second-order valence-electron chi connectivity index (χ2n) is 3.59. The summed E-state index contributed by atoms with van der Waals surface area (Å²) in [6.45, 7) is 6.91. The average molecular weight is 323 g/mol. The quantitative estimate of drug-likeness (QED) is 0.613. The number of rotatable bonds is 0. The Morgan fingerprint density at radius 3 is 2.28 bits per heavy atom. The van der Waals surface area contributed by atoms with Crippen molar-refractivity contribution in [2.75, 3.05) is 6.61 Å². The van der Waals surface area contributed by atoms with E-state index >= 15 is 0 Å². The predicted octanol–water partition coefficient (Wildman–Crippen LogP) is 4.17. The SMILES string of the molecule is C.C.CC1=C(C)C=N[C+]=C1.CC1C=[C+]OC[CH-]1.[Y]. The summed E-state index contributed by atoms with van der Waals surface area (Å²) < 4.78 is 4.78. The maximum absolute atomic E-state index is 4.78. The maximum atomic E-state index is 4.78. The number of hydrogen-bond donors (Lipinski definition) is 0. The van der Waals surface area contributed by atoms with Gasteiger partial charge in [0.15, 0.2) is 12.3 Å². The Morgan fingerprint density at radius 1 is 1.33 bits per heavy atom. The molecular formula is C15H24NOY+. The fraction of sp³-hybridized carbons (Fsp3) is 0.467. The molecule has 1 radical (unpaired) electrons. The first kappa shape index (κ1) is 22.8. The summed E-state index contributed by atoms with van der Waals surface area (Å²) in [4.78, 5) is 3.82. The summed E-state index contributed by atoms with van der Waals surface area (Å²) in [6.07, 6.45) is 13.1. The summed E-state index contributed by atoms with van der Waals surface area (Å²) in [6, 6.07) is 0. The molecule has 2 heterocycles. The number of ether oxygens (including phenoxy) is 1. The molecule has 2 aliphatic rings. The topological polar surface area (TPSA) is 21.6 Å². The van der Waals surface area contributed by atoms with Crippen molar-refractivity contribution >= 4 is 6.21 Å². The summed E-state index contributed by atoms with van der Waals surface area (Å²) >= 11 is 0. The minimum Gasteiger partial charge on any atom is -0.301 e. The Hall–Kier alpha value is -0.386. The Labute approximate surface area is 138 Å². The average Bonchev–Trinajstić information content (AvgIpc) is 2.25. The van der Waals surface area contributed by atoms with Crippen molar-refractivity contribution in [2.45, 2.75) is 35.6 Å². The summed E-state index contributed by atoms with van der Waals surface area (Å²) in [5.41, 5.74) is 2.48. The van der Waals surface area contributed by atoms with Crippen LogP contribution >= 0.6 is 0 Å². The molecular weight excluding hydrogens is 299 g/mol. The van der Waals surface area contributed by atoms with Gasteiger partial charge in [0.25, 0.3) is 0 Å². The molecule has 0 aromatic carbocycles. The summed E-state index contributed by atoms with van der Waals surface area (Å²) in [7, 11) is 0. The smallest absolute Gasteiger partial charge is 0.301 e. The van der Waals surface area contributed by atoms with Crippen LogP contribution in [0.5, 0.6) is 0 Å². The van der Waals surface area contributed by atoms with Crippen LogP contribution in [0.2, 0.25) is 0 Å². The van der Waals surface area contributed by atoms with Crippen molar-refractivity contribution in [1.82, 2.24) is 0 Å². The molecule has 1 unspecified atom stereocenters. The van der Waals surface area contributed by atoms with E-state index in [-0.39, 0.29) is 47.6 Å². The van der Waals surface area contributed by atoms with Crippen molar-refractivity contribution in [3.63, 3.8) is 0 Å². The third-order valence-electron chi connectivity index (χ3n) is 2.20. The van der Waals surface area contributed by atoms with E-state index in [0.29, 0.717) is 5.92 Å². The van der Waals surface area contributed by atoms with E-state index in [1.165, 1.54) is 11.1 Å². The third-order valence-corrected chi connectivity index (χ3v) is 2.20. The van der Waals surface area contributed by atoms with Crippen LogP contribution < -0.4 is 0 Å². The first-order chi connectivity index (χ1) is 7.20.